The van der Waals surface area contributed by atoms with Gasteiger partial charge in [-0.25, -0.2) is 4.79 Å². The Kier molecular flexibility index (Phi) is 6.48. The zero-order chi connectivity index (χ0) is 25.2. The molecule has 0 saturated heterocycles. The van der Waals surface area contributed by atoms with Gasteiger partial charge in [0.1, 0.15) is 11.4 Å². The standard InChI is InChI=1S/C28H24ClN3O4/c1-3-35-22-15-9-17(10-16-22)24-23-25(31-30-24)27(33)32(26(23)18-5-11-20(29)12-6-18)21-13-7-19(8-14-21)28(34)36-4-2/h5-16,26H,3-4H2,1-2H3,(H,30,31). The number of carbonyl (C=O) groups excluding carboxylic acids is 2. The minimum Gasteiger partial charge on any atom is -0.494 e. The quantitative estimate of drug-likeness (QED) is 0.311. The summed E-state index contributed by atoms with van der Waals surface area (Å²) < 4.78 is 10.7. The molecule has 182 valence electrons. The molecular formula is C28H24ClN3O4. The highest BCUT2D eigenvalue weighted by molar-refractivity contribution is 6.30. The highest BCUT2D eigenvalue weighted by Crippen LogP contribution is 2.45. The van der Waals surface area contributed by atoms with Crippen LogP contribution >= 0.6 is 11.6 Å². The van der Waals surface area contributed by atoms with Crippen LogP contribution in [-0.4, -0.2) is 35.3 Å². The van der Waals surface area contributed by atoms with Crippen LogP contribution in [0, 0.1) is 0 Å². The first kappa shape index (κ1) is 23.6. The number of nitrogens with one attached hydrogen (secondary N) is 1. The zero-order valence-corrected chi connectivity index (χ0v) is 20.6. The van der Waals surface area contributed by atoms with E-state index in [1.54, 1.807) is 48.2 Å². The van der Waals surface area contributed by atoms with Gasteiger partial charge >= 0.3 is 5.97 Å². The van der Waals surface area contributed by atoms with Crippen LogP contribution in [0.4, 0.5) is 5.69 Å². The second-order valence-electron chi connectivity index (χ2n) is 8.21. The summed E-state index contributed by atoms with van der Waals surface area (Å²) in [7, 11) is 0. The minimum atomic E-state index is -0.446. The lowest BCUT2D eigenvalue weighted by atomic mass is 9.96. The summed E-state index contributed by atoms with van der Waals surface area (Å²) in [5.41, 5.74) is 4.71. The first-order valence-corrected chi connectivity index (χ1v) is 12.1. The SMILES string of the molecule is CCOC(=O)c1ccc(N2C(=O)c3[nH]nc(-c4ccc(OCC)cc4)c3C2c2ccc(Cl)cc2)cc1. The number of ether oxygens (including phenoxy) is 2. The van der Waals surface area contributed by atoms with Gasteiger partial charge in [-0.1, -0.05) is 23.7 Å². The predicted octanol–water partition coefficient (Wildman–Crippen LogP) is 6.06. The maximum absolute atomic E-state index is 13.7. The summed E-state index contributed by atoms with van der Waals surface area (Å²) in [5.74, 6) is 0.152. The highest BCUT2D eigenvalue weighted by atomic mass is 35.5. The van der Waals surface area contributed by atoms with Crippen LogP contribution in [-0.2, 0) is 4.74 Å². The number of esters is 1. The monoisotopic (exact) mass is 501 g/mol. The van der Waals surface area contributed by atoms with Crippen LogP contribution in [0.2, 0.25) is 5.02 Å². The molecule has 1 atom stereocenters. The molecule has 0 bridgehead atoms. The van der Waals surface area contributed by atoms with Crippen molar-refractivity contribution in [2.24, 2.45) is 0 Å². The normalized spacial score (nSPS) is 14.6. The van der Waals surface area contributed by atoms with Gasteiger partial charge in [-0.05, 0) is 80.1 Å². The van der Waals surface area contributed by atoms with E-state index >= 15 is 0 Å². The molecule has 36 heavy (non-hydrogen) atoms. The molecule has 1 amide bonds. The van der Waals surface area contributed by atoms with Crippen molar-refractivity contribution < 1.29 is 19.1 Å². The van der Waals surface area contributed by atoms with Crippen molar-refractivity contribution in [2.45, 2.75) is 19.9 Å². The van der Waals surface area contributed by atoms with Crippen LogP contribution in [0.3, 0.4) is 0 Å². The molecule has 0 radical (unpaired) electrons. The number of hydrogen-bond donors (Lipinski definition) is 1. The van der Waals surface area contributed by atoms with E-state index in [2.05, 4.69) is 10.2 Å². The Balaban J connectivity index is 1.60. The smallest absolute Gasteiger partial charge is 0.338 e. The van der Waals surface area contributed by atoms with Crippen molar-refractivity contribution in [1.82, 2.24) is 10.2 Å². The molecule has 0 spiro atoms. The second kappa shape index (κ2) is 9.87. The van der Waals surface area contributed by atoms with E-state index < -0.39 is 12.0 Å². The maximum atomic E-state index is 13.7. The Bertz CT molecular complexity index is 1400. The van der Waals surface area contributed by atoms with Gasteiger partial charge in [0.15, 0.2) is 0 Å². The average molecular weight is 502 g/mol. The third-order valence-corrected chi connectivity index (χ3v) is 6.30. The number of benzene rings is 3. The van der Waals surface area contributed by atoms with E-state index in [1.165, 1.54) is 0 Å². The molecule has 1 unspecified atom stereocenters. The topological polar surface area (TPSA) is 84.5 Å². The molecule has 5 rings (SSSR count). The van der Waals surface area contributed by atoms with Crippen LogP contribution in [0.15, 0.2) is 72.8 Å². The molecular weight excluding hydrogens is 478 g/mol. The largest absolute Gasteiger partial charge is 0.494 e. The van der Waals surface area contributed by atoms with E-state index in [9.17, 15) is 9.59 Å². The lowest BCUT2D eigenvalue weighted by molar-refractivity contribution is 0.0526. The van der Waals surface area contributed by atoms with Gasteiger partial charge in [-0.3, -0.25) is 14.8 Å². The number of hydrogen-bond acceptors (Lipinski definition) is 5. The van der Waals surface area contributed by atoms with Gasteiger partial charge in [0.05, 0.1) is 30.5 Å². The third-order valence-electron chi connectivity index (χ3n) is 6.05. The molecule has 0 aliphatic carbocycles. The summed E-state index contributed by atoms with van der Waals surface area (Å²) >= 11 is 6.17. The second-order valence-corrected chi connectivity index (χ2v) is 8.65. The zero-order valence-electron chi connectivity index (χ0n) is 19.8. The van der Waals surface area contributed by atoms with Crippen LogP contribution in [0.5, 0.6) is 5.75 Å². The fraction of sp³-hybridized carbons (Fsp3) is 0.179. The molecule has 1 aromatic heterocycles. The van der Waals surface area contributed by atoms with Crippen molar-refractivity contribution in [3.63, 3.8) is 0 Å². The molecule has 2 heterocycles. The minimum absolute atomic E-state index is 0.210. The van der Waals surface area contributed by atoms with E-state index in [1.807, 2.05) is 43.3 Å². The van der Waals surface area contributed by atoms with Gasteiger partial charge in [0.2, 0.25) is 0 Å². The van der Waals surface area contributed by atoms with E-state index in [4.69, 9.17) is 21.1 Å². The number of aromatic amines is 1. The summed E-state index contributed by atoms with van der Waals surface area (Å²) in [6.45, 7) is 4.56. The van der Waals surface area contributed by atoms with Crippen molar-refractivity contribution in [1.29, 1.82) is 0 Å². The summed E-state index contributed by atoms with van der Waals surface area (Å²) in [6, 6.07) is 21.5. The number of anilines is 1. The number of carbonyl (C=O) groups is 2. The van der Waals surface area contributed by atoms with Crippen molar-refractivity contribution in [2.75, 3.05) is 18.1 Å². The third kappa shape index (κ3) is 4.22. The van der Waals surface area contributed by atoms with Crippen LogP contribution in [0.25, 0.3) is 11.3 Å². The molecule has 1 aliphatic heterocycles. The number of H-pyrrole nitrogens is 1. The fourth-order valence-corrected chi connectivity index (χ4v) is 4.57. The first-order valence-electron chi connectivity index (χ1n) is 11.7. The average Bonchev–Trinajstić information content (AvgIpc) is 3.44. The molecule has 7 nitrogen and oxygen atoms in total. The Morgan fingerprint density at radius 3 is 2.31 bits per heavy atom. The van der Waals surface area contributed by atoms with Crippen LogP contribution < -0.4 is 9.64 Å². The van der Waals surface area contributed by atoms with E-state index in [-0.39, 0.29) is 5.91 Å². The Labute approximate surface area is 213 Å². The number of halogens is 1. The molecule has 0 fully saturated rings. The summed E-state index contributed by atoms with van der Waals surface area (Å²) in [6.07, 6.45) is 0. The van der Waals surface area contributed by atoms with Crippen molar-refractivity contribution in [3.05, 3.63) is 100 Å². The summed E-state index contributed by atoms with van der Waals surface area (Å²) in [5, 5.41) is 8.08. The van der Waals surface area contributed by atoms with Gasteiger partial charge in [0.25, 0.3) is 5.91 Å². The Morgan fingerprint density at radius 1 is 0.972 bits per heavy atom. The number of amides is 1. The van der Waals surface area contributed by atoms with E-state index in [0.717, 1.165) is 22.4 Å². The van der Waals surface area contributed by atoms with Gasteiger partial charge in [-0.2, -0.15) is 5.10 Å². The van der Waals surface area contributed by atoms with Gasteiger partial charge < -0.3 is 9.47 Å². The van der Waals surface area contributed by atoms with Gasteiger partial charge in [-0.15, -0.1) is 0 Å². The summed E-state index contributed by atoms with van der Waals surface area (Å²) in [4.78, 5) is 27.5. The number of rotatable bonds is 7. The number of nitrogens with zero attached hydrogens (tertiary/aromatic N) is 2. The fourth-order valence-electron chi connectivity index (χ4n) is 4.44. The molecule has 4 aromatic rings. The highest BCUT2D eigenvalue weighted by Gasteiger charge is 2.43. The molecule has 0 saturated carbocycles. The van der Waals surface area contributed by atoms with Crippen molar-refractivity contribution >= 4 is 29.2 Å². The predicted molar refractivity (Wildman–Crippen MR) is 138 cm³/mol. The molecule has 8 heteroatoms. The molecule has 1 aliphatic rings. The van der Waals surface area contributed by atoms with E-state index in [0.29, 0.717) is 40.9 Å². The Morgan fingerprint density at radius 2 is 1.67 bits per heavy atom. The molecule has 1 N–H and O–H groups in total. The first-order chi connectivity index (χ1) is 17.5. The molecule has 3 aromatic carbocycles. The lowest BCUT2D eigenvalue weighted by Crippen LogP contribution is -2.29. The van der Waals surface area contributed by atoms with Gasteiger partial charge in [0, 0.05) is 21.8 Å². The maximum Gasteiger partial charge on any atom is 0.338 e. The number of fused-ring (bicyclic) bond motifs is 1. The van der Waals surface area contributed by atoms with Crippen LogP contribution in [0.1, 0.15) is 51.9 Å². The number of aromatic nitrogens is 2. The lowest BCUT2D eigenvalue weighted by Gasteiger charge is -2.26. The van der Waals surface area contributed by atoms with Crippen molar-refractivity contribution in [3.8, 4) is 17.0 Å². The Hall–Kier alpha value is -4.10.